The van der Waals surface area contributed by atoms with Gasteiger partial charge in [0, 0.05) is 25.3 Å². The van der Waals surface area contributed by atoms with E-state index in [2.05, 4.69) is 35.3 Å². The minimum atomic E-state index is 0.593. The summed E-state index contributed by atoms with van der Waals surface area (Å²) in [5.41, 5.74) is 2.43. The lowest BCUT2D eigenvalue weighted by atomic mass is 10.2. The van der Waals surface area contributed by atoms with Gasteiger partial charge in [0.25, 0.3) is 0 Å². The average molecular weight is 243 g/mol. The van der Waals surface area contributed by atoms with Crippen molar-refractivity contribution < 1.29 is 0 Å². The van der Waals surface area contributed by atoms with Gasteiger partial charge in [-0.1, -0.05) is 12.8 Å². The first kappa shape index (κ1) is 12.9. The van der Waals surface area contributed by atoms with E-state index in [1.54, 1.807) is 0 Å². The molecule has 3 nitrogen and oxygen atoms in total. The van der Waals surface area contributed by atoms with Gasteiger partial charge in [0.1, 0.15) is 5.82 Å². The highest BCUT2D eigenvalue weighted by Crippen LogP contribution is 2.20. The second-order valence-corrected chi connectivity index (χ2v) is 4.89. The summed E-state index contributed by atoms with van der Waals surface area (Å²) in [6, 6.07) is 5.05. The molecule has 0 aliphatic heterocycles. The van der Waals surface area contributed by atoms with Crippen molar-refractivity contribution in [2.24, 2.45) is 0 Å². The summed E-state index contributed by atoms with van der Waals surface area (Å²) in [5.74, 6) is 3.63. The highest BCUT2D eigenvalue weighted by molar-refractivity contribution is 5.43. The number of pyridine rings is 1. The van der Waals surface area contributed by atoms with Gasteiger partial charge in [0.15, 0.2) is 0 Å². The Morgan fingerprint density at radius 2 is 2.28 bits per heavy atom. The first-order valence-electron chi connectivity index (χ1n) is 6.60. The molecule has 0 bridgehead atoms. The van der Waals surface area contributed by atoms with Crippen molar-refractivity contribution in [1.82, 2.24) is 10.3 Å². The lowest BCUT2D eigenvalue weighted by Crippen LogP contribution is -2.20. The van der Waals surface area contributed by atoms with Gasteiger partial charge < -0.3 is 10.2 Å². The molecule has 0 atom stereocenters. The van der Waals surface area contributed by atoms with Crippen molar-refractivity contribution in [2.45, 2.75) is 38.8 Å². The van der Waals surface area contributed by atoms with Crippen LogP contribution in [0.5, 0.6) is 0 Å². The second kappa shape index (κ2) is 5.88. The summed E-state index contributed by atoms with van der Waals surface area (Å²) in [4.78, 5) is 6.63. The molecule has 1 fully saturated rings. The number of anilines is 1. The van der Waals surface area contributed by atoms with Gasteiger partial charge in [-0.25, -0.2) is 4.98 Å². The molecule has 1 saturated carbocycles. The molecule has 0 aromatic carbocycles. The third-order valence-electron chi connectivity index (χ3n) is 3.18. The quantitative estimate of drug-likeness (QED) is 0.774. The number of aryl methyl sites for hydroxylation is 1. The van der Waals surface area contributed by atoms with Crippen LogP contribution >= 0.6 is 0 Å². The highest BCUT2D eigenvalue weighted by Gasteiger charge is 2.20. The molecule has 0 saturated heterocycles. The van der Waals surface area contributed by atoms with Crippen molar-refractivity contribution in [3.8, 4) is 12.3 Å². The van der Waals surface area contributed by atoms with Crippen molar-refractivity contribution in [3.63, 3.8) is 0 Å². The van der Waals surface area contributed by atoms with E-state index in [1.807, 2.05) is 11.9 Å². The van der Waals surface area contributed by atoms with Crippen LogP contribution < -0.4 is 10.2 Å². The Bertz CT molecular complexity index is 444. The molecule has 0 amide bonds. The molecule has 96 valence electrons. The van der Waals surface area contributed by atoms with Crippen LogP contribution in [0.25, 0.3) is 0 Å². The number of nitrogens with one attached hydrogen (secondary N) is 1. The number of hydrogen-bond acceptors (Lipinski definition) is 3. The smallest absolute Gasteiger partial charge is 0.129 e. The Balaban J connectivity index is 2.12. The van der Waals surface area contributed by atoms with Crippen LogP contribution in [0, 0.1) is 12.3 Å². The molecule has 1 N–H and O–H groups in total. The molecule has 1 aliphatic carbocycles. The average Bonchev–Trinajstić information content (AvgIpc) is 3.20. The third-order valence-corrected chi connectivity index (χ3v) is 3.18. The van der Waals surface area contributed by atoms with Crippen LogP contribution in [0.4, 0.5) is 5.82 Å². The predicted octanol–water partition coefficient (Wildman–Crippen LogP) is 1.97. The molecule has 1 aromatic heterocycles. The van der Waals surface area contributed by atoms with Crippen LogP contribution in [0.1, 0.15) is 31.0 Å². The normalized spacial score (nSPS) is 14.3. The molecule has 0 spiro atoms. The van der Waals surface area contributed by atoms with Gasteiger partial charge in [-0.05, 0) is 37.0 Å². The zero-order chi connectivity index (χ0) is 13.0. The second-order valence-electron chi connectivity index (χ2n) is 4.89. The molecule has 0 radical (unpaired) electrons. The summed E-state index contributed by atoms with van der Waals surface area (Å²) >= 11 is 0. The van der Waals surface area contributed by atoms with Crippen molar-refractivity contribution in [1.29, 1.82) is 0 Å². The fourth-order valence-electron chi connectivity index (χ4n) is 1.88. The Labute approximate surface area is 110 Å². The summed E-state index contributed by atoms with van der Waals surface area (Å²) in [6.45, 7) is 3.65. The monoisotopic (exact) mass is 243 g/mol. The first-order chi connectivity index (χ1) is 8.72. The van der Waals surface area contributed by atoms with Crippen LogP contribution in [-0.4, -0.2) is 24.6 Å². The maximum Gasteiger partial charge on any atom is 0.129 e. The molecule has 3 heteroatoms. The molecule has 1 aromatic rings. The Morgan fingerprint density at radius 1 is 1.50 bits per heavy atom. The fraction of sp³-hybridized carbons (Fsp3) is 0.533. The predicted molar refractivity (Wildman–Crippen MR) is 75.6 cm³/mol. The van der Waals surface area contributed by atoms with Gasteiger partial charge in [-0.3, -0.25) is 0 Å². The van der Waals surface area contributed by atoms with E-state index in [0.717, 1.165) is 30.5 Å². The van der Waals surface area contributed by atoms with E-state index in [0.29, 0.717) is 6.54 Å². The van der Waals surface area contributed by atoms with Crippen molar-refractivity contribution in [3.05, 3.63) is 23.4 Å². The Kier molecular flexibility index (Phi) is 4.22. The van der Waals surface area contributed by atoms with Crippen molar-refractivity contribution in [2.75, 3.05) is 18.5 Å². The summed E-state index contributed by atoms with van der Waals surface area (Å²) < 4.78 is 0. The number of nitrogens with zero attached hydrogens (tertiary/aromatic N) is 2. The zero-order valence-electron chi connectivity index (χ0n) is 11.2. The minimum Gasteiger partial charge on any atom is -0.349 e. The van der Waals surface area contributed by atoms with E-state index in [9.17, 15) is 0 Å². The fourth-order valence-corrected chi connectivity index (χ4v) is 1.88. The SMILES string of the molecule is C#CCN(C)c1cc(CNC2CC2)cc(CC)n1. The van der Waals surface area contributed by atoms with E-state index in [4.69, 9.17) is 6.42 Å². The number of aromatic nitrogens is 1. The van der Waals surface area contributed by atoms with Crippen molar-refractivity contribution >= 4 is 5.82 Å². The summed E-state index contributed by atoms with van der Waals surface area (Å²) in [5, 5.41) is 3.54. The first-order valence-corrected chi connectivity index (χ1v) is 6.60. The molecule has 2 rings (SSSR count). The molecule has 1 aliphatic rings. The van der Waals surface area contributed by atoms with E-state index in [-0.39, 0.29) is 0 Å². The van der Waals surface area contributed by atoms with Crippen LogP contribution in [0.3, 0.4) is 0 Å². The Hall–Kier alpha value is -1.53. The van der Waals surface area contributed by atoms with Crippen LogP contribution in [0.15, 0.2) is 12.1 Å². The largest absolute Gasteiger partial charge is 0.349 e. The molecular formula is C15H21N3. The number of rotatable bonds is 6. The molecule has 18 heavy (non-hydrogen) atoms. The maximum absolute atomic E-state index is 5.35. The minimum absolute atomic E-state index is 0.593. The van der Waals surface area contributed by atoms with Gasteiger partial charge >= 0.3 is 0 Å². The molecular weight excluding hydrogens is 222 g/mol. The van der Waals surface area contributed by atoms with Gasteiger partial charge in [0.05, 0.1) is 6.54 Å². The zero-order valence-corrected chi connectivity index (χ0v) is 11.2. The van der Waals surface area contributed by atoms with E-state index >= 15 is 0 Å². The van der Waals surface area contributed by atoms with E-state index < -0.39 is 0 Å². The summed E-state index contributed by atoms with van der Waals surface area (Å²) in [6.07, 6.45) is 8.93. The van der Waals surface area contributed by atoms with Gasteiger partial charge in [-0.15, -0.1) is 6.42 Å². The van der Waals surface area contributed by atoms with Crippen LogP contribution in [-0.2, 0) is 13.0 Å². The highest BCUT2D eigenvalue weighted by atomic mass is 15.2. The third kappa shape index (κ3) is 3.48. The lowest BCUT2D eigenvalue weighted by Gasteiger charge is -2.17. The van der Waals surface area contributed by atoms with Gasteiger partial charge in [0.2, 0.25) is 0 Å². The topological polar surface area (TPSA) is 28.2 Å². The number of hydrogen-bond donors (Lipinski definition) is 1. The molecule has 0 unspecified atom stereocenters. The standard InChI is InChI=1S/C15H21N3/c1-4-8-18(3)15-10-12(9-13(5-2)17-15)11-16-14-6-7-14/h1,9-10,14,16H,5-8,11H2,2-3H3. The molecule has 1 heterocycles. The Morgan fingerprint density at radius 3 is 2.89 bits per heavy atom. The lowest BCUT2D eigenvalue weighted by molar-refractivity contribution is 0.685. The maximum atomic E-state index is 5.35. The van der Waals surface area contributed by atoms with E-state index in [1.165, 1.54) is 18.4 Å². The van der Waals surface area contributed by atoms with Crippen LogP contribution in [0.2, 0.25) is 0 Å². The van der Waals surface area contributed by atoms with Gasteiger partial charge in [-0.2, -0.15) is 0 Å². The number of terminal acetylenes is 1. The summed E-state index contributed by atoms with van der Waals surface area (Å²) in [7, 11) is 1.99.